The molecule has 0 atom stereocenters. The number of thiol groups is 1. The van der Waals surface area contributed by atoms with Gasteiger partial charge in [0.1, 0.15) is 6.07 Å². The SMILES string of the molecule is CCOC(=O)c1cc(Cl)c(C#N)cc1S. The molecule has 15 heavy (non-hydrogen) atoms. The van der Waals surface area contributed by atoms with Gasteiger partial charge in [0.15, 0.2) is 0 Å². The summed E-state index contributed by atoms with van der Waals surface area (Å²) in [6.07, 6.45) is 0. The number of hydrogen-bond acceptors (Lipinski definition) is 4. The second-order valence-electron chi connectivity index (χ2n) is 2.68. The van der Waals surface area contributed by atoms with E-state index in [9.17, 15) is 4.79 Å². The predicted molar refractivity (Wildman–Crippen MR) is 59.4 cm³/mol. The van der Waals surface area contributed by atoms with Crippen LogP contribution in [0, 0.1) is 11.3 Å². The lowest BCUT2D eigenvalue weighted by molar-refractivity contribution is 0.0522. The number of esters is 1. The monoisotopic (exact) mass is 241 g/mol. The zero-order valence-electron chi connectivity index (χ0n) is 7.95. The number of benzene rings is 1. The van der Waals surface area contributed by atoms with E-state index >= 15 is 0 Å². The number of hydrogen-bond donors (Lipinski definition) is 1. The zero-order chi connectivity index (χ0) is 11.4. The van der Waals surface area contributed by atoms with E-state index in [2.05, 4.69) is 12.6 Å². The van der Waals surface area contributed by atoms with E-state index in [0.717, 1.165) is 0 Å². The van der Waals surface area contributed by atoms with Crippen LogP contribution in [0.3, 0.4) is 0 Å². The molecule has 78 valence electrons. The number of carbonyl (C=O) groups excluding carboxylic acids is 1. The first-order valence-electron chi connectivity index (χ1n) is 4.19. The van der Waals surface area contributed by atoms with Crippen LogP contribution in [0.25, 0.3) is 0 Å². The van der Waals surface area contributed by atoms with Gasteiger partial charge in [-0.2, -0.15) is 5.26 Å². The Hall–Kier alpha value is -1.18. The Morgan fingerprint density at radius 2 is 2.33 bits per heavy atom. The van der Waals surface area contributed by atoms with Crippen LogP contribution in [0.4, 0.5) is 0 Å². The topological polar surface area (TPSA) is 50.1 Å². The molecular weight excluding hydrogens is 234 g/mol. The Kier molecular flexibility index (Phi) is 4.01. The molecule has 0 saturated heterocycles. The van der Waals surface area contributed by atoms with Crippen molar-refractivity contribution >= 4 is 30.2 Å². The highest BCUT2D eigenvalue weighted by Crippen LogP contribution is 2.24. The molecule has 5 heteroatoms. The van der Waals surface area contributed by atoms with E-state index in [1.807, 2.05) is 6.07 Å². The van der Waals surface area contributed by atoms with Gasteiger partial charge in [-0.05, 0) is 19.1 Å². The van der Waals surface area contributed by atoms with Crippen LogP contribution < -0.4 is 0 Å². The molecule has 0 bridgehead atoms. The quantitative estimate of drug-likeness (QED) is 0.640. The molecule has 0 unspecified atom stereocenters. The summed E-state index contributed by atoms with van der Waals surface area (Å²) in [5.74, 6) is -0.492. The van der Waals surface area contributed by atoms with Crippen molar-refractivity contribution in [2.45, 2.75) is 11.8 Å². The molecular formula is C10H8ClNO2S. The summed E-state index contributed by atoms with van der Waals surface area (Å²) in [6, 6.07) is 4.73. The first-order valence-corrected chi connectivity index (χ1v) is 5.02. The number of ether oxygens (including phenoxy) is 1. The van der Waals surface area contributed by atoms with Gasteiger partial charge in [0.25, 0.3) is 0 Å². The van der Waals surface area contributed by atoms with Crippen molar-refractivity contribution in [3.05, 3.63) is 28.3 Å². The van der Waals surface area contributed by atoms with Crippen molar-refractivity contribution in [1.29, 1.82) is 5.26 Å². The zero-order valence-corrected chi connectivity index (χ0v) is 9.60. The third kappa shape index (κ3) is 2.65. The van der Waals surface area contributed by atoms with E-state index in [0.29, 0.717) is 4.90 Å². The molecule has 0 heterocycles. The number of nitriles is 1. The molecule has 3 nitrogen and oxygen atoms in total. The molecule has 0 saturated carbocycles. The molecule has 1 aromatic rings. The predicted octanol–water partition coefficient (Wildman–Crippen LogP) is 2.68. The highest BCUT2D eigenvalue weighted by molar-refractivity contribution is 7.80. The molecule has 1 rings (SSSR count). The Balaban J connectivity index is 3.17. The van der Waals surface area contributed by atoms with Crippen LogP contribution in [0.5, 0.6) is 0 Å². The van der Waals surface area contributed by atoms with Gasteiger partial charge in [0, 0.05) is 4.90 Å². The number of rotatable bonds is 2. The Morgan fingerprint density at radius 1 is 1.67 bits per heavy atom. The van der Waals surface area contributed by atoms with Crippen LogP contribution in [-0.4, -0.2) is 12.6 Å². The maximum absolute atomic E-state index is 11.4. The standard InChI is InChI=1S/C10H8ClNO2S/c1-2-14-10(13)7-4-8(11)6(5-12)3-9(7)15/h3-4,15H,2H2,1H3. The first-order chi connectivity index (χ1) is 7.10. The Morgan fingerprint density at radius 3 is 2.87 bits per heavy atom. The summed E-state index contributed by atoms with van der Waals surface area (Å²) in [7, 11) is 0. The van der Waals surface area contributed by atoms with Gasteiger partial charge < -0.3 is 4.74 Å². The van der Waals surface area contributed by atoms with Crippen molar-refractivity contribution in [3.63, 3.8) is 0 Å². The minimum absolute atomic E-state index is 0.221. The van der Waals surface area contributed by atoms with Gasteiger partial charge in [0.2, 0.25) is 0 Å². The van der Waals surface area contributed by atoms with Crippen molar-refractivity contribution < 1.29 is 9.53 Å². The highest BCUT2D eigenvalue weighted by Gasteiger charge is 2.13. The minimum Gasteiger partial charge on any atom is -0.462 e. The summed E-state index contributed by atoms with van der Waals surface area (Å²) in [5.41, 5.74) is 0.555. The lowest BCUT2D eigenvalue weighted by atomic mass is 10.1. The molecule has 0 radical (unpaired) electrons. The first kappa shape index (κ1) is 11.9. The van der Waals surface area contributed by atoms with Crippen LogP contribution in [0.1, 0.15) is 22.8 Å². The van der Waals surface area contributed by atoms with Gasteiger partial charge in [-0.15, -0.1) is 12.6 Å². The molecule has 0 fully saturated rings. The second-order valence-corrected chi connectivity index (χ2v) is 3.57. The maximum Gasteiger partial charge on any atom is 0.339 e. The van der Waals surface area contributed by atoms with Gasteiger partial charge in [-0.25, -0.2) is 4.79 Å². The lowest BCUT2D eigenvalue weighted by Crippen LogP contribution is -2.06. The summed E-state index contributed by atoms with van der Waals surface area (Å²) in [5, 5.41) is 8.91. The third-order valence-corrected chi connectivity index (χ3v) is 2.38. The molecule has 0 aliphatic heterocycles. The van der Waals surface area contributed by atoms with E-state index < -0.39 is 5.97 Å². The fourth-order valence-electron chi connectivity index (χ4n) is 1.02. The van der Waals surface area contributed by atoms with Gasteiger partial charge in [-0.1, -0.05) is 11.6 Å². The van der Waals surface area contributed by atoms with Crippen molar-refractivity contribution in [3.8, 4) is 6.07 Å². The largest absolute Gasteiger partial charge is 0.462 e. The normalized spacial score (nSPS) is 9.47. The van der Waals surface area contributed by atoms with E-state index in [1.165, 1.54) is 12.1 Å². The molecule has 1 aromatic carbocycles. The fourth-order valence-corrected chi connectivity index (χ4v) is 1.51. The fraction of sp³-hybridized carbons (Fsp3) is 0.200. The molecule has 0 aliphatic rings. The number of halogens is 1. The molecule has 0 aliphatic carbocycles. The van der Waals surface area contributed by atoms with Gasteiger partial charge >= 0.3 is 5.97 Å². The third-order valence-electron chi connectivity index (χ3n) is 1.70. The average Bonchev–Trinajstić information content (AvgIpc) is 2.21. The second kappa shape index (κ2) is 5.06. The van der Waals surface area contributed by atoms with Crippen molar-refractivity contribution in [2.75, 3.05) is 6.61 Å². The van der Waals surface area contributed by atoms with Gasteiger partial charge in [-0.3, -0.25) is 0 Å². The van der Waals surface area contributed by atoms with Crippen LogP contribution >= 0.6 is 24.2 Å². The Bertz CT molecular complexity index is 440. The number of carbonyl (C=O) groups is 1. The summed E-state index contributed by atoms with van der Waals surface area (Å²) in [4.78, 5) is 11.8. The molecule has 0 amide bonds. The van der Waals surface area contributed by atoms with E-state index in [-0.39, 0.29) is 22.8 Å². The van der Waals surface area contributed by atoms with Crippen LogP contribution in [0.15, 0.2) is 17.0 Å². The lowest BCUT2D eigenvalue weighted by Gasteiger charge is -2.05. The molecule has 0 aromatic heterocycles. The van der Waals surface area contributed by atoms with Crippen molar-refractivity contribution in [2.24, 2.45) is 0 Å². The summed E-state index contributed by atoms with van der Waals surface area (Å²) < 4.78 is 4.81. The van der Waals surface area contributed by atoms with E-state index in [4.69, 9.17) is 21.6 Å². The highest BCUT2D eigenvalue weighted by atomic mass is 35.5. The van der Waals surface area contributed by atoms with Crippen LogP contribution in [-0.2, 0) is 4.74 Å². The molecule has 0 N–H and O–H groups in total. The summed E-state index contributed by atoms with van der Waals surface area (Å²) in [6.45, 7) is 1.99. The van der Waals surface area contributed by atoms with E-state index in [1.54, 1.807) is 6.92 Å². The Labute approximate surface area is 98.0 Å². The minimum atomic E-state index is -0.492. The van der Waals surface area contributed by atoms with Crippen LogP contribution in [0.2, 0.25) is 5.02 Å². The number of nitrogens with zero attached hydrogens (tertiary/aromatic N) is 1. The van der Waals surface area contributed by atoms with Gasteiger partial charge in [0.05, 0.1) is 22.8 Å². The summed E-state index contributed by atoms with van der Waals surface area (Å²) >= 11 is 9.87. The smallest absolute Gasteiger partial charge is 0.339 e. The van der Waals surface area contributed by atoms with Crippen molar-refractivity contribution in [1.82, 2.24) is 0 Å². The molecule has 0 spiro atoms. The average molecular weight is 242 g/mol. The maximum atomic E-state index is 11.4.